The van der Waals surface area contributed by atoms with Crippen LogP contribution < -0.4 is 4.90 Å². The van der Waals surface area contributed by atoms with Gasteiger partial charge in [0.1, 0.15) is 0 Å². The highest BCUT2D eigenvalue weighted by atomic mass is 32.1. The number of aryl methyl sites for hydroxylation is 1. The number of hydrogen-bond donors (Lipinski definition) is 1. The van der Waals surface area contributed by atoms with Gasteiger partial charge in [-0.1, -0.05) is 0 Å². The van der Waals surface area contributed by atoms with E-state index in [-0.39, 0.29) is 12.3 Å². The number of likely N-dealkylation sites (N-methyl/N-ethyl adjacent to an activating group) is 1. The van der Waals surface area contributed by atoms with Crippen molar-refractivity contribution >= 4 is 44.5 Å². The van der Waals surface area contributed by atoms with Crippen LogP contribution in [0.25, 0.3) is 10.9 Å². The molecule has 0 radical (unpaired) electrons. The quantitative estimate of drug-likeness (QED) is 0.359. The van der Waals surface area contributed by atoms with E-state index in [4.69, 9.17) is 5.11 Å². The molecule has 3 aromatic rings. The maximum absolute atomic E-state index is 11.0. The number of nitro benzene ring substituents is 1. The van der Waals surface area contributed by atoms with Crippen LogP contribution >= 0.6 is 11.5 Å². The highest BCUT2D eigenvalue weighted by molar-refractivity contribution is 7.11. The van der Waals surface area contributed by atoms with Crippen LogP contribution in [0.15, 0.2) is 46.6 Å². The zero-order valence-electron chi connectivity index (χ0n) is 15.0. The number of azo groups is 1. The molecule has 0 saturated carbocycles. The number of aliphatic hydroxyl groups is 1. The number of nitro groups is 1. The van der Waals surface area contributed by atoms with Crippen molar-refractivity contribution in [1.29, 1.82) is 0 Å². The first-order valence-corrected chi connectivity index (χ1v) is 9.23. The number of nitrogens with zero attached hydrogens (tertiary/aromatic N) is 5. The summed E-state index contributed by atoms with van der Waals surface area (Å²) in [7, 11) is 0. The van der Waals surface area contributed by atoms with E-state index in [9.17, 15) is 10.1 Å². The molecule has 0 aliphatic heterocycles. The molecule has 1 N–H and O–H groups in total. The fourth-order valence-electron chi connectivity index (χ4n) is 2.74. The molecule has 0 saturated heterocycles. The molecule has 8 nitrogen and oxygen atoms in total. The first-order valence-electron chi connectivity index (χ1n) is 8.45. The summed E-state index contributed by atoms with van der Waals surface area (Å²) >= 11 is 1.16. The Hall–Kier alpha value is -2.91. The smallest absolute Gasteiger partial charge is 0.270 e. The van der Waals surface area contributed by atoms with Gasteiger partial charge in [-0.05, 0) is 55.2 Å². The summed E-state index contributed by atoms with van der Waals surface area (Å²) in [5.41, 5.74) is 3.34. The van der Waals surface area contributed by atoms with Crippen LogP contribution in [0.5, 0.6) is 0 Å². The van der Waals surface area contributed by atoms with Crippen molar-refractivity contribution in [2.75, 3.05) is 24.6 Å². The second-order valence-corrected chi connectivity index (χ2v) is 6.67. The van der Waals surface area contributed by atoms with Gasteiger partial charge in [0.2, 0.25) is 0 Å². The van der Waals surface area contributed by atoms with Crippen molar-refractivity contribution in [2.24, 2.45) is 10.2 Å². The van der Waals surface area contributed by atoms with E-state index in [0.29, 0.717) is 28.1 Å². The van der Waals surface area contributed by atoms with Crippen LogP contribution in [0.2, 0.25) is 0 Å². The van der Waals surface area contributed by atoms with E-state index < -0.39 is 4.92 Å². The molecule has 0 spiro atoms. The number of aliphatic hydroxyl groups excluding tert-OH is 1. The van der Waals surface area contributed by atoms with E-state index in [2.05, 4.69) is 19.5 Å². The van der Waals surface area contributed by atoms with Crippen molar-refractivity contribution in [3.05, 3.63) is 52.1 Å². The molecule has 0 amide bonds. The lowest BCUT2D eigenvalue weighted by Gasteiger charge is -2.22. The lowest BCUT2D eigenvalue weighted by molar-refractivity contribution is -0.384. The topological polar surface area (TPSA) is 104 Å². The van der Waals surface area contributed by atoms with Gasteiger partial charge in [0.25, 0.3) is 5.69 Å². The van der Waals surface area contributed by atoms with Crippen LogP contribution in [-0.2, 0) is 0 Å². The third-order valence-electron chi connectivity index (χ3n) is 4.20. The summed E-state index contributed by atoms with van der Waals surface area (Å²) in [6.07, 6.45) is 0. The molecule has 3 rings (SSSR count). The first kappa shape index (κ1) is 18.9. The second-order valence-electron chi connectivity index (χ2n) is 5.92. The molecule has 1 aromatic heterocycles. The van der Waals surface area contributed by atoms with Gasteiger partial charge in [-0.25, -0.2) is 0 Å². The highest BCUT2D eigenvalue weighted by Gasteiger charge is 2.12. The van der Waals surface area contributed by atoms with E-state index >= 15 is 0 Å². The van der Waals surface area contributed by atoms with Gasteiger partial charge < -0.3 is 10.0 Å². The average molecular weight is 385 g/mol. The molecule has 0 aliphatic rings. The molecule has 0 fully saturated rings. The van der Waals surface area contributed by atoms with Gasteiger partial charge in [-0.15, -0.1) is 10.2 Å². The van der Waals surface area contributed by atoms with E-state index in [1.807, 2.05) is 32.0 Å². The summed E-state index contributed by atoms with van der Waals surface area (Å²) in [4.78, 5) is 12.6. The van der Waals surface area contributed by atoms with E-state index in [0.717, 1.165) is 29.3 Å². The molecule has 9 heteroatoms. The number of rotatable bonds is 7. The fourth-order valence-corrected chi connectivity index (χ4v) is 3.42. The Morgan fingerprint density at radius 2 is 2.07 bits per heavy atom. The minimum Gasteiger partial charge on any atom is -0.395 e. The Kier molecular flexibility index (Phi) is 5.72. The van der Waals surface area contributed by atoms with Crippen molar-refractivity contribution in [3.8, 4) is 0 Å². The maximum Gasteiger partial charge on any atom is 0.270 e. The summed E-state index contributed by atoms with van der Waals surface area (Å²) in [5.74, 6) is 0. The minimum absolute atomic E-state index is 0.00299. The molecule has 0 atom stereocenters. The van der Waals surface area contributed by atoms with E-state index in [1.54, 1.807) is 6.07 Å². The zero-order valence-corrected chi connectivity index (χ0v) is 15.8. The molecule has 0 unspecified atom stereocenters. The summed E-state index contributed by atoms with van der Waals surface area (Å²) in [6.45, 7) is 5.45. The van der Waals surface area contributed by atoms with Crippen LogP contribution in [0.1, 0.15) is 12.5 Å². The Bertz CT molecular complexity index is 1000. The Balaban J connectivity index is 1.89. The third kappa shape index (κ3) is 4.09. The summed E-state index contributed by atoms with van der Waals surface area (Å²) in [5, 5.41) is 29.9. The van der Waals surface area contributed by atoms with Crippen molar-refractivity contribution in [2.45, 2.75) is 13.8 Å². The standard InChI is InChI=1S/C18H19N5O3S/c1-3-22(8-9-24)13-4-6-16(12(2)10-13)19-20-18-15-11-14(23(25)26)5-7-17(15)21-27-18/h4-7,10-11,24H,3,8-9H2,1-2H3/b20-19+. The van der Waals surface area contributed by atoms with Crippen molar-refractivity contribution in [1.82, 2.24) is 4.37 Å². The number of hydrogen-bond acceptors (Lipinski definition) is 8. The van der Waals surface area contributed by atoms with Gasteiger partial charge in [0, 0.05) is 36.3 Å². The number of benzene rings is 2. The predicted molar refractivity (Wildman–Crippen MR) is 107 cm³/mol. The minimum atomic E-state index is -0.438. The molecule has 1 heterocycles. The van der Waals surface area contributed by atoms with Crippen molar-refractivity contribution in [3.63, 3.8) is 0 Å². The van der Waals surface area contributed by atoms with Crippen molar-refractivity contribution < 1.29 is 10.0 Å². The van der Waals surface area contributed by atoms with Crippen LogP contribution in [-0.4, -0.2) is 34.1 Å². The number of anilines is 1. The van der Waals surface area contributed by atoms with Gasteiger partial charge in [-0.2, -0.15) is 4.37 Å². The van der Waals surface area contributed by atoms with E-state index in [1.165, 1.54) is 12.1 Å². The number of aromatic nitrogens is 1. The van der Waals surface area contributed by atoms with Crippen LogP contribution in [0, 0.1) is 17.0 Å². The average Bonchev–Trinajstić information content (AvgIpc) is 3.07. The largest absolute Gasteiger partial charge is 0.395 e. The Morgan fingerprint density at radius 1 is 1.26 bits per heavy atom. The molecule has 2 aromatic carbocycles. The molecule has 140 valence electrons. The number of non-ortho nitro benzene ring substituents is 1. The molecular formula is C18H19N5O3S. The van der Waals surface area contributed by atoms with Gasteiger partial charge in [0.15, 0.2) is 5.00 Å². The third-order valence-corrected chi connectivity index (χ3v) is 4.96. The first-order chi connectivity index (χ1) is 13.0. The SMILES string of the molecule is CCN(CCO)c1ccc(/N=N/c2snc3ccc([N+](=O)[O-])cc23)c(C)c1. The van der Waals surface area contributed by atoms with Crippen LogP contribution in [0.3, 0.4) is 0 Å². The van der Waals surface area contributed by atoms with Gasteiger partial charge in [0.05, 0.1) is 22.7 Å². The lowest BCUT2D eigenvalue weighted by atomic mass is 10.1. The molecule has 27 heavy (non-hydrogen) atoms. The fraction of sp³-hybridized carbons (Fsp3) is 0.278. The Morgan fingerprint density at radius 3 is 2.74 bits per heavy atom. The molecule has 0 aliphatic carbocycles. The second kappa shape index (κ2) is 8.19. The molecular weight excluding hydrogens is 366 g/mol. The monoisotopic (exact) mass is 385 g/mol. The lowest BCUT2D eigenvalue weighted by Crippen LogP contribution is -2.26. The summed E-state index contributed by atoms with van der Waals surface area (Å²) < 4.78 is 4.26. The van der Waals surface area contributed by atoms with Gasteiger partial charge in [-0.3, -0.25) is 10.1 Å². The number of fused-ring (bicyclic) bond motifs is 1. The van der Waals surface area contributed by atoms with Crippen LogP contribution in [0.4, 0.5) is 22.1 Å². The normalized spacial score (nSPS) is 11.4. The zero-order chi connectivity index (χ0) is 19.4. The highest BCUT2D eigenvalue weighted by Crippen LogP contribution is 2.35. The summed E-state index contributed by atoms with van der Waals surface area (Å²) in [6, 6.07) is 10.3. The predicted octanol–water partition coefficient (Wildman–Crippen LogP) is 4.75. The Labute approximate surface area is 160 Å². The molecule has 0 bridgehead atoms. The maximum atomic E-state index is 11.0. The van der Waals surface area contributed by atoms with Gasteiger partial charge >= 0.3 is 0 Å².